The highest BCUT2D eigenvalue weighted by Crippen LogP contribution is 2.19. The molecule has 0 aliphatic rings. The number of benzene rings is 1. The van der Waals surface area contributed by atoms with Gasteiger partial charge >= 0.3 is 0 Å². The van der Waals surface area contributed by atoms with Crippen molar-refractivity contribution in [2.24, 2.45) is 5.73 Å². The summed E-state index contributed by atoms with van der Waals surface area (Å²) in [5, 5.41) is 0. The molecule has 7 heteroatoms. The zero-order valence-electron chi connectivity index (χ0n) is 8.73. The number of hydrogen-bond acceptors (Lipinski definition) is 3. The highest BCUT2D eigenvalue weighted by atomic mass is 79.9. The van der Waals surface area contributed by atoms with Crippen molar-refractivity contribution in [2.45, 2.75) is 11.8 Å². The number of nitrogens with one attached hydrogen (secondary N) is 1. The van der Waals surface area contributed by atoms with E-state index in [0.29, 0.717) is 10.5 Å². The van der Waals surface area contributed by atoms with Crippen LogP contribution >= 0.6 is 28.3 Å². The van der Waals surface area contributed by atoms with Gasteiger partial charge in [0.15, 0.2) is 0 Å². The largest absolute Gasteiger partial charge is 0.329 e. The fourth-order valence-electron chi connectivity index (χ4n) is 1.19. The number of halogens is 2. The molecule has 1 aromatic carbocycles. The molecule has 0 aliphatic heterocycles. The minimum atomic E-state index is -3.42. The Hall–Kier alpha value is -0.140. The van der Waals surface area contributed by atoms with Crippen molar-refractivity contribution >= 4 is 38.4 Å². The van der Waals surface area contributed by atoms with Gasteiger partial charge in [-0.1, -0.05) is 15.9 Å². The summed E-state index contributed by atoms with van der Waals surface area (Å²) in [6.45, 7) is 2.29. The lowest BCUT2D eigenvalue weighted by atomic mass is 10.2. The summed E-state index contributed by atoms with van der Waals surface area (Å²) < 4.78 is 26.8. The molecular formula is C9H14BrClN2O2S. The van der Waals surface area contributed by atoms with Crippen LogP contribution in [0.4, 0.5) is 0 Å². The molecule has 0 saturated carbocycles. The average Bonchev–Trinajstić information content (AvgIpc) is 2.14. The zero-order chi connectivity index (χ0) is 11.5. The molecule has 4 nitrogen and oxygen atoms in total. The summed E-state index contributed by atoms with van der Waals surface area (Å²) in [5.74, 6) is 0. The average molecular weight is 330 g/mol. The first-order valence-electron chi connectivity index (χ1n) is 4.43. The molecular weight excluding hydrogens is 316 g/mol. The van der Waals surface area contributed by atoms with E-state index < -0.39 is 10.0 Å². The van der Waals surface area contributed by atoms with Gasteiger partial charge in [0.25, 0.3) is 0 Å². The molecule has 0 unspecified atom stereocenters. The first-order valence-corrected chi connectivity index (χ1v) is 6.71. The molecule has 0 aliphatic carbocycles. The monoisotopic (exact) mass is 328 g/mol. The van der Waals surface area contributed by atoms with Gasteiger partial charge in [0.2, 0.25) is 10.0 Å². The summed E-state index contributed by atoms with van der Waals surface area (Å²) >= 11 is 3.28. The van der Waals surface area contributed by atoms with Crippen molar-refractivity contribution in [1.29, 1.82) is 0 Å². The van der Waals surface area contributed by atoms with Crippen LogP contribution in [0.15, 0.2) is 27.6 Å². The number of sulfonamides is 1. The highest BCUT2D eigenvalue weighted by molar-refractivity contribution is 9.10. The number of nitrogens with two attached hydrogens (primary N) is 1. The quantitative estimate of drug-likeness (QED) is 0.877. The lowest BCUT2D eigenvalue weighted by Crippen LogP contribution is -2.29. The predicted octanol–water partition coefficient (Wildman–Crippen LogP) is 1.42. The second kappa shape index (κ2) is 6.56. The Morgan fingerprint density at radius 2 is 2.06 bits per heavy atom. The van der Waals surface area contributed by atoms with Crippen LogP contribution in [0.5, 0.6) is 0 Å². The SMILES string of the molecule is Cc1cc(Br)ccc1S(=O)(=O)NCCN.Cl. The molecule has 0 aromatic heterocycles. The number of aryl methyl sites for hydroxylation is 1. The Labute approximate surface area is 110 Å². The van der Waals surface area contributed by atoms with E-state index >= 15 is 0 Å². The van der Waals surface area contributed by atoms with Crippen LogP contribution < -0.4 is 10.5 Å². The Bertz CT molecular complexity index is 451. The summed E-state index contributed by atoms with van der Waals surface area (Å²) in [6, 6.07) is 5.03. The third-order valence-electron chi connectivity index (χ3n) is 1.86. The van der Waals surface area contributed by atoms with E-state index in [0.717, 1.165) is 4.47 Å². The van der Waals surface area contributed by atoms with Crippen molar-refractivity contribution in [3.63, 3.8) is 0 Å². The van der Waals surface area contributed by atoms with Gasteiger partial charge in [-0.3, -0.25) is 0 Å². The minimum Gasteiger partial charge on any atom is -0.329 e. The van der Waals surface area contributed by atoms with Crippen LogP contribution in [-0.2, 0) is 10.0 Å². The van der Waals surface area contributed by atoms with E-state index in [1.807, 2.05) is 0 Å². The Balaban J connectivity index is 0.00000225. The van der Waals surface area contributed by atoms with Gasteiger partial charge in [-0.15, -0.1) is 12.4 Å². The number of hydrogen-bond donors (Lipinski definition) is 2. The second-order valence-corrected chi connectivity index (χ2v) is 5.75. The molecule has 0 atom stereocenters. The topological polar surface area (TPSA) is 72.2 Å². The third-order valence-corrected chi connectivity index (χ3v) is 3.98. The standard InChI is InChI=1S/C9H13BrN2O2S.ClH/c1-7-6-8(10)2-3-9(7)15(13,14)12-5-4-11;/h2-3,6,12H,4-5,11H2,1H3;1H. The molecule has 3 N–H and O–H groups in total. The fourth-order valence-corrected chi connectivity index (χ4v) is 2.93. The van der Waals surface area contributed by atoms with Crippen LogP contribution in [0.1, 0.15) is 5.56 Å². The molecule has 16 heavy (non-hydrogen) atoms. The van der Waals surface area contributed by atoms with Crippen molar-refractivity contribution in [3.05, 3.63) is 28.2 Å². The molecule has 0 amide bonds. The Kier molecular flexibility index (Phi) is 6.50. The first kappa shape index (κ1) is 15.9. The van der Waals surface area contributed by atoms with Crippen molar-refractivity contribution in [1.82, 2.24) is 4.72 Å². The molecule has 1 rings (SSSR count). The zero-order valence-corrected chi connectivity index (χ0v) is 12.0. The molecule has 0 fully saturated rings. The molecule has 1 aromatic rings. The summed E-state index contributed by atoms with van der Waals surface area (Å²) in [5.41, 5.74) is 5.94. The highest BCUT2D eigenvalue weighted by Gasteiger charge is 2.15. The Morgan fingerprint density at radius 1 is 1.44 bits per heavy atom. The van der Waals surface area contributed by atoms with Crippen molar-refractivity contribution in [2.75, 3.05) is 13.1 Å². The Morgan fingerprint density at radius 3 is 2.56 bits per heavy atom. The van der Waals surface area contributed by atoms with Gasteiger partial charge in [-0.2, -0.15) is 0 Å². The molecule has 0 spiro atoms. The maximum atomic E-state index is 11.7. The van der Waals surface area contributed by atoms with E-state index in [9.17, 15) is 8.42 Å². The lowest BCUT2D eigenvalue weighted by molar-refractivity contribution is 0.581. The van der Waals surface area contributed by atoms with Crippen LogP contribution in [0.25, 0.3) is 0 Å². The molecule has 0 bridgehead atoms. The van der Waals surface area contributed by atoms with Crippen LogP contribution in [-0.4, -0.2) is 21.5 Å². The minimum absolute atomic E-state index is 0. The van der Waals surface area contributed by atoms with Crippen molar-refractivity contribution in [3.8, 4) is 0 Å². The lowest BCUT2D eigenvalue weighted by Gasteiger charge is -2.08. The molecule has 0 saturated heterocycles. The van der Waals surface area contributed by atoms with E-state index in [2.05, 4.69) is 20.7 Å². The molecule has 0 radical (unpaired) electrons. The molecule has 92 valence electrons. The normalized spacial score (nSPS) is 10.9. The fraction of sp³-hybridized carbons (Fsp3) is 0.333. The van der Waals surface area contributed by atoms with Crippen LogP contribution in [0.3, 0.4) is 0 Å². The van der Waals surface area contributed by atoms with Gasteiger partial charge < -0.3 is 5.73 Å². The van der Waals surface area contributed by atoms with Gasteiger partial charge in [0.05, 0.1) is 4.90 Å². The number of rotatable bonds is 4. The summed E-state index contributed by atoms with van der Waals surface area (Å²) in [4.78, 5) is 0.291. The van der Waals surface area contributed by atoms with Crippen LogP contribution in [0.2, 0.25) is 0 Å². The van der Waals surface area contributed by atoms with Gasteiger partial charge in [-0.05, 0) is 30.7 Å². The van der Waals surface area contributed by atoms with E-state index in [-0.39, 0.29) is 25.5 Å². The van der Waals surface area contributed by atoms with Gasteiger partial charge in [0, 0.05) is 17.6 Å². The van der Waals surface area contributed by atoms with Gasteiger partial charge in [0.1, 0.15) is 0 Å². The maximum Gasteiger partial charge on any atom is 0.240 e. The molecule has 0 heterocycles. The summed E-state index contributed by atoms with van der Waals surface area (Å²) in [6.07, 6.45) is 0. The third kappa shape index (κ3) is 4.03. The van der Waals surface area contributed by atoms with E-state index in [1.54, 1.807) is 25.1 Å². The van der Waals surface area contributed by atoms with E-state index in [1.165, 1.54) is 0 Å². The van der Waals surface area contributed by atoms with Crippen molar-refractivity contribution < 1.29 is 8.42 Å². The first-order chi connectivity index (χ1) is 6.97. The second-order valence-electron chi connectivity index (χ2n) is 3.10. The maximum absolute atomic E-state index is 11.7. The van der Waals surface area contributed by atoms with Crippen LogP contribution in [0, 0.1) is 6.92 Å². The van der Waals surface area contributed by atoms with Gasteiger partial charge in [-0.25, -0.2) is 13.1 Å². The predicted molar refractivity (Wildman–Crippen MR) is 70.4 cm³/mol. The summed E-state index contributed by atoms with van der Waals surface area (Å²) in [7, 11) is -3.42. The smallest absolute Gasteiger partial charge is 0.240 e. The van der Waals surface area contributed by atoms with E-state index in [4.69, 9.17) is 5.73 Å².